The highest BCUT2D eigenvalue weighted by Gasteiger charge is 2.10. The minimum atomic E-state index is -0.523. The van der Waals surface area contributed by atoms with Crippen LogP contribution in [0.3, 0.4) is 0 Å². The summed E-state index contributed by atoms with van der Waals surface area (Å²) in [5, 5.41) is 0.108. The van der Waals surface area contributed by atoms with Crippen LogP contribution in [-0.2, 0) is 0 Å². The largest absolute Gasteiger partial charge is 0.497 e. The van der Waals surface area contributed by atoms with Crippen molar-refractivity contribution in [3.63, 3.8) is 0 Å². The fourth-order valence-electron chi connectivity index (χ4n) is 0.917. The van der Waals surface area contributed by atoms with Gasteiger partial charge in [0.1, 0.15) is 11.6 Å². The van der Waals surface area contributed by atoms with Gasteiger partial charge in [-0.1, -0.05) is 15.9 Å². The molecule has 0 N–H and O–H groups in total. The van der Waals surface area contributed by atoms with Crippen molar-refractivity contribution in [1.29, 1.82) is 0 Å². The molecule has 0 saturated heterocycles. The van der Waals surface area contributed by atoms with Gasteiger partial charge in [0.25, 0.3) is 0 Å². The zero-order valence-corrected chi connectivity index (χ0v) is 8.60. The van der Waals surface area contributed by atoms with E-state index in [0.29, 0.717) is 5.75 Å². The number of benzene rings is 1. The molecule has 2 nitrogen and oxygen atoms in total. The summed E-state index contributed by atoms with van der Waals surface area (Å²) >= 11 is 2.98. The molecule has 1 aromatic rings. The van der Waals surface area contributed by atoms with Gasteiger partial charge in [-0.3, -0.25) is 4.79 Å². The number of methoxy groups -OCH3 is 1. The summed E-state index contributed by atoms with van der Waals surface area (Å²) in [5.74, 6) is -0.340. The third-order valence-electron chi connectivity index (χ3n) is 1.60. The zero-order chi connectivity index (χ0) is 9.84. The second kappa shape index (κ2) is 4.37. The first kappa shape index (κ1) is 10.2. The van der Waals surface area contributed by atoms with Crippen molar-refractivity contribution >= 4 is 21.7 Å². The lowest BCUT2D eigenvalue weighted by Gasteiger charge is -2.03. The maximum absolute atomic E-state index is 13.0. The van der Waals surface area contributed by atoms with Gasteiger partial charge in [0.15, 0.2) is 5.78 Å². The second-order valence-electron chi connectivity index (χ2n) is 2.40. The van der Waals surface area contributed by atoms with Gasteiger partial charge in [-0.25, -0.2) is 4.39 Å². The number of halogens is 2. The molecule has 0 aliphatic heterocycles. The maximum Gasteiger partial charge on any atom is 0.176 e. The SMILES string of the molecule is COc1ccc(F)c(C(=O)CBr)c1. The van der Waals surface area contributed by atoms with Crippen LogP contribution in [-0.4, -0.2) is 18.2 Å². The molecule has 0 heterocycles. The van der Waals surface area contributed by atoms with Crippen LogP contribution in [0.1, 0.15) is 10.4 Å². The number of alkyl halides is 1. The fourth-order valence-corrected chi connectivity index (χ4v) is 1.22. The van der Waals surface area contributed by atoms with Gasteiger partial charge in [0.05, 0.1) is 18.0 Å². The van der Waals surface area contributed by atoms with Crippen LogP contribution in [0.5, 0.6) is 5.75 Å². The van der Waals surface area contributed by atoms with E-state index in [1.54, 1.807) is 0 Å². The van der Waals surface area contributed by atoms with Gasteiger partial charge in [-0.05, 0) is 18.2 Å². The molecule has 0 aliphatic carbocycles. The van der Waals surface area contributed by atoms with Crippen molar-refractivity contribution < 1.29 is 13.9 Å². The van der Waals surface area contributed by atoms with E-state index in [9.17, 15) is 9.18 Å². The van der Waals surface area contributed by atoms with Gasteiger partial charge in [0.2, 0.25) is 0 Å². The highest BCUT2D eigenvalue weighted by Crippen LogP contribution is 2.17. The lowest BCUT2D eigenvalue weighted by atomic mass is 10.1. The average Bonchev–Trinajstić information content (AvgIpc) is 2.17. The maximum atomic E-state index is 13.0. The predicted molar refractivity (Wildman–Crippen MR) is 51.1 cm³/mol. The van der Waals surface area contributed by atoms with Crippen LogP contribution in [0.4, 0.5) is 4.39 Å². The first-order valence-electron chi connectivity index (χ1n) is 3.61. The third-order valence-corrected chi connectivity index (χ3v) is 2.10. The minimum Gasteiger partial charge on any atom is -0.497 e. The van der Waals surface area contributed by atoms with Crippen LogP contribution in [0.2, 0.25) is 0 Å². The number of Topliss-reactive ketones (excluding diaryl/α,β-unsaturated/α-hetero) is 1. The summed E-state index contributed by atoms with van der Waals surface area (Å²) in [6.07, 6.45) is 0. The molecular formula is C9H8BrFO2. The van der Waals surface area contributed by atoms with Gasteiger partial charge in [-0.2, -0.15) is 0 Å². The smallest absolute Gasteiger partial charge is 0.176 e. The molecule has 0 radical (unpaired) electrons. The molecule has 0 bridgehead atoms. The van der Waals surface area contributed by atoms with Crippen LogP contribution in [0.15, 0.2) is 18.2 Å². The van der Waals surface area contributed by atoms with E-state index in [1.165, 1.54) is 25.3 Å². The summed E-state index contributed by atoms with van der Waals surface area (Å²) < 4.78 is 17.9. The summed E-state index contributed by atoms with van der Waals surface area (Å²) in [6.45, 7) is 0. The normalized spacial score (nSPS) is 9.77. The van der Waals surface area contributed by atoms with Crippen LogP contribution < -0.4 is 4.74 Å². The molecule has 0 aliphatic rings. The summed E-state index contributed by atoms with van der Waals surface area (Å²) in [4.78, 5) is 11.2. The molecule has 4 heteroatoms. The molecule has 70 valence electrons. The average molecular weight is 247 g/mol. The third kappa shape index (κ3) is 2.28. The van der Waals surface area contributed by atoms with Crippen molar-refractivity contribution in [1.82, 2.24) is 0 Å². The Morgan fingerprint density at radius 3 is 2.85 bits per heavy atom. The van der Waals surface area contributed by atoms with E-state index >= 15 is 0 Å². The number of rotatable bonds is 3. The van der Waals surface area contributed by atoms with E-state index in [2.05, 4.69) is 15.9 Å². The quantitative estimate of drug-likeness (QED) is 0.605. The molecule has 1 rings (SSSR count). The second-order valence-corrected chi connectivity index (χ2v) is 2.96. The van der Waals surface area contributed by atoms with E-state index in [1.807, 2.05) is 0 Å². The lowest BCUT2D eigenvalue weighted by molar-refractivity contribution is 0.101. The Labute approximate surface area is 83.8 Å². The Morgan fingerprint density at radius 1 is 1.62 bits per heavy atom. The molecule has 13 heavy (non-hydrogen) atoms. The summed E-state index contributed by atoms with van der Waals surface area (Å²) in [7, 11) is 1.47. The number of hydrogen-bond acceptors (Lipinski definition) is 2. The van der Waals surface area contributed by atoms with Crippen molar-refractivity contribution in [3.8, 4) is 5.75 Å². The first-order chi connectivity index (χ1) is 6.19. The Morgan fingerprint density at radius 2 is 2.31 bits per heavy atom. The van der Waals surface area contributed by atoms with Crippen LogP contribution in [0.25, 0.3) is 0 Å². The van der Waals surface area contributed by atoms with Gasteiger partial charge >= 0.3 is 0 Å². The molecule has 0 fully saturated rings. The molecule has 0 saturated carbocycles. The number of ketones is 1. The molecule has 0 spiro atoms. The number of hydrogen-bond donors (Lipinski definition) is 0. The van der Waals surface area contributed by atoms with Gasteiger partial charge in [-0.15, -0.1) is 0 Å². The molecule has 0 aromatic heterocycles. The molecule has 0 unspecified atom stereocenters. The predicted octanol–water partition coefficient (Wildman–Crippen LogP) is 2.41. The molecule has 1 aromatic carbocycles. The molecule has 0 atom stereocenters. The van der Waals surface area contributed by atoms with Crippen LogP contribution >= 0.6 is 15.9 Å². The van der Waals surface area contributed by atoms with Gasteiger partial charge in [0, 0.05) is 0 Å². The summed E-state index contributed by atoms with van der Waals surface area (Å²) in [6, 6.07) is 4.08. The zero-order valence-electron chi connectivity index (χ0n) is 7.01. The van der Waals surface area contributed by atoms with E-state index in [0.717, 1.165) is 0 Å². The Bertz CT molecular complexity index is 325. The van der Waals surface area contributed by atoms with E-state index in [4.69, 9.17) is 4.74 Å². The van der Waals surface area contributed by atoms with E-state index in [-0.39, 0.29) is 16.7 Å². The monoisotopic (exact) mass is 246 g/mol. The lowest BCUT2D eigenvalue weighted by Crippen LogP contribution is -2.03. The Kier molecular flexibility index (Phi) is 3.42. The van der Waals surface area contributed by atoms with Crippen molar-refractivity contribution in [2.45, 2.75) is 0 Å². The highest BCUT2D eigenvalue weighted by molar-refractivity contribution is 9.09. The molecule has 0 amide bonds. The highest BCUT2D eigenvalue weighted by atomic mass is 79.9. The Balaban J connectivity index is 3.11. The van der Waals surface area contributed by atoms with Crippen molar-refractivity contribution in [3.05, 3.63) is 29.6 Å². The Hall–Kier alpha value is -0.900. The van der Waals surface area contributed by atoms with Crippen LogP contribution in [0, 0.1) is 5.82 Å². The van der Waals surface area contributed by atoms with Crippen molar-refractivity contribution in [2.75, 3.05) is 12.4 Å². The summed E-state index contributed by atoms with van der Waals surface area (Å²) in [5.41, 5.74) is 0.0521. The number of carbonyl (C=O) groups excluding carboxylic acids is 1. The number of carbonyl (C=O) groups is 1. The first-order valence-corrected chi connectivity index (χ1v) is 4.74. The van der Waals surface area contributed by atoms with Crippen molar-refractivity contribution in [2.24, 2.45) is 0 Å². The number of ether oxygens (including phenoxy) is 1. The fraction of sp³-hybridized carbons (Fsp3) is 0.222. The standard InChI is InChI=1S/C9H8BrFO2/c1-13-6-2-3-8(11)7(4-6)9(12)5-10/h2-4H,5H2,1H3. The minimum absolute atomic E-state index is 0.0521. The topological polar surface area (TPSA) is 26.3 Å². The molecular weight excluding hydrogens is 239 g/mol. The van der Waals surface area contributed by atoms with Gasteiger partial charge < -0.3 is 4.74 Å². The van der Waals surface area contributed by atoms with E-state index < -0.39 is 5.82 Å².